The summed E-state index contributed by atoms with van der Waals surface area (Å²) < 4.78 is 38.4. The van der Waals surface area contributed by atoms with Crippen molar-refractivity contribution in [3.8, 4) is 5.75 Å². The number of methoxy groups -OCH3 is 1. The van der Waals surface area contributed by atoms with Crippen LogP contribution in [0.1, 0.15) is 68.6 Å². The molecule has 1 aliphatic carbocycles. The van der Waals surface area contributed by atoms with Gasteiger partial charge in [0.25, 0.3) is 11.8 Å². The van der Waals surface area contributed by atoms with Gasteiger partial charge in [0.15, 0.2) is 5.82 Å². The summed E-state index contributed by atoms with van der Waals surface area (Å²) in [5, 5.41) is 6.51. The number of halogens is 2. The zero-order valence-corrected chi connectivity index (χ0v) is 26.4. The second-order valence-corrected chi connectivity index (χ2v) is 12.8. The van der Waals surface area contributed by atoms with Crippen molar-refractivity contribution < 1.29 is 27.8 Å². The minimum atomic E-state index is -2.53. The van der Waals surface area contributed by atoms with Gasteiger partial charge in [-0.3, -0.25) is 14.5 Å². The Morgan fingerprint density at radius 1 is 1.02 bits per heavy atom. The molecule has 3 aliphatic heterocycles. The van der Waals surface area contributed by atoms with Gasteiger partial charge < -0.3 is 29.9 Å². The molecule has 4 aliphatic rings. The molecule has 0 bridgehead atoms. The van der Waals surface area contributed by atoms with Crippen LogP contribution < -0.4 is 25.2 Å². The number of hydrogen-bond donors (Lipinski definition) is 2. The van der Waals surface area contributed by atoms with Crippen LogP contribution in [0.3, 0.4) is 0 Å². The van der Waals surface area contributed by atoms with Gasteiger partial charge in [-0.15, -0.1) is 0 Å². The van der Waals surface area contributed by atoms with Crippen molar-refractivity contribution in [1.82, 2.24) is 15.2 Å². The first-order chi connectivity index (χ1) is 21.6. The van der Waals surface area contributed by atoms with Crippen molar-refractivity contribution in [2.24, 2.45) is 0 Å². The highest BCUT2D eigenvalue weighted by Gasteiger charge is 2.40. The summed E-state index contributed by atoms with van der Waals surface area (Å²) in [6, 6.07) is 9.23. The predicted molar refractivity (Wildman–Crippen MR) is 169 cm³/mol. The summed E-state index contributed by atoms with van der Waals surface area (Å²) in [5.74, 6) is -0.797. The first-order valence-electron chi connectivity index (χ1n) is 16.2. The summed E-state index contributed by atoms with van der Waals surface area (Å²) in [6.45, 7) is 4.13. The minimum absolute atomic E-state index is 0.0365. The smallest absolute Gasteiger partial charge is 0.251 e. The van der Waals surface area contributed by atoms with Gasteiger partial charge in [0.05, 0.1) is 18.5 Å². The molecule has 2 N–H and O–H groups in total. The molecule has 4 heterocycles. The number of anilines is 4. The summed E-state index contributed by atoms with van der Waals surface area (Å²) in [6.07, 6.45) is 4.98. The van der Waals surface area contributed by atoms with Gasteiger partial charge in [0.1, 0.15) is 17.6 Å². The van der Waals surface area contributed by atoms with Crippen molar-refractivity contribution >= 4 is 34.8 Å². The number of alkyl halides is 2. The van der Waals surface area contributed by atoms with Crippen molar-refractivity contribution in [2.75, 3.05) is 55.6 Å². The van der Waals surface area contributed by atoms with E-state index in [-0.39, 0.29) is 42.8 Å². The number of likely N-dealkylation sites (N-methyl/N-ethyl adjacent to an activating group) is 1. The topological polar surface area (TPSA) is 99.3 Å². The van der Waals surface area contributed by atoms with Crippen LogP contribution in [0.2, 0.25) is 0 Å². The Morgan fingerprint density at radius 3 is 2.42 bits per heavy atom. The molecule has 1 aromatic carbocycles. The highest BCUT2D eigenvalue weighted by Crippen LogP contribution is 2.39. The number of nitrogens with zero attached hydrogens (tertiary/aromatic N) is 4. The van der Waals surface area contributed by atoms with Crippen LogP contribution in [0.4, 0.5) is 31.8 Å². The Morgan fingerprint density at radius 2 is 1.73 bits per heavy atom. The zero-order chi connectivity index (χ0) is 31.7. The van der Waals surface area contributed by atoms with Crippen LogP contribution >= 0.6 is 0 Å². The predicted octanol–water partition coefficient (Wildman–Crippen LogP) is 4.96. The zero-order valence-electron chi connectivity index (χ0n) is 26.4. The normalized spacial score (nSPS) is 25.9. The molecular weight excluding hydrogens is 582 g/mol. The lowest BCUT2D eigenvalue weighted by atomic mass is 9.88. The van der Waals surface area contributed by atoms with E-state index in [2.05, 4.69) is 20.4 Å². The number of rotatable bonds is 7. The molecule has 6 rings (SSSR count). The Bertz CT molecular complexity index is 1390. The number of pyridine rings is 1. The molecule has 10 nitrogen and oxygen atoms in total. The van der Waals surface area contributed by atoms with Gasteiger partial charge in [-0.05, 0) is 75.8 Å². The lowest BCUT2D eigenvalue weighted by Gasteiger charge is -2.44. The Hall–Kier alpha value is -3.51. The molecule has 3 fully saturated rings. The maximum absolute atomic E-state index is 13.6. The summed E-state index contributed by atoms with van der Waals surface area (Å²) in [4.78, 5) is 37.2. The SMILES string of the molecule is COc1cc(C(=O)NC2CCC(N3CCC(F)(F)CC3)CC2)ccc1Nc1ccc2c(n1)N(C1CCOCC1)[C@H](C)C(=O)N2C. The number of hydrogen-bond acceptors (Lipinski definition) is 8. The quantitative estimate of drug-likeness (QED) is 0.446. The molecule has 1 aromatic heterocycles. The Kier molecular flexibility index (Phi) is 9.15. The van der Waals surface area contributed by atoms with Crippen molar-refractivity contribution in [3.05, 3.63) is 35.9 Å². The standard InChI is InChI=1S/C33H44F2N6O4/c1-21-32(43)39(2)27-10-11-29(38-30(27)41(21)25-12-18-45-19-13-25)37-26-9-4-22(20-28(26)44-3)31(42)36-23-5-7-24(8-6-23)40-16-14-33(34,35)15-17-40/h4,9-11,20-21,23-25H,5-8,12-19H2,1-3H3,(H,36,42)(H,37,38)/t21-,23?,24?/m1/s1. The van der Waals surface area contributed by atoms with E-state index in [0.29, 0.717) is 55.2 Å². The van der Waals surface area contributed by atoms with Crippen molar-refractivity contribution in [2.45, 2.75) is 88.4 Å². The van der Waals surface area contributed by atoms with Crippen LogP contribution in [0.5, 0.6) is 5.75 Å². The number of carbonyl (C=O) groups excluding carboxylic acids is 2. The van der Waals surface area contributed by atoms with E-state index in [1.165, 1.54) is 0 Å². The lowest BCUT2D eigenvalue weighted by Crippen LogP contribution is -2.56. The molecule has 0 spiro atoms. The summed E-state index contributed by atoms with van der Waals surface area (Å²) in [5.41, 5.74) is 1.93. The van der Waals surface area contributed by atoms with Crippen LogP contribution in [-0.4, -0.2) is 92.2 Å². The number of benzene rings is 1. The van der Waals surface area contributed by atoms with Crippen LogP contribution in [0, 0.1) is 0 Å². The average Bonchev–Trinajstić information content (AvgIpc) is 3.05. The maximum atomic E-state index is 13.6. The van der Waals surface area contributed by atoms with E-state index >= 15 is 0 Å². The molecule has 244 valence electrons. The van der Waals surface area contributed by atoms with Crippen LogP contribution in [0.15, 0.2) is 30.3 Å². The third-order valence-corrected chi connectivity index (χ3v) is 9.95. The monoisotopic (exact) mass is 626 g/mol. The number of nitrogens with one attached hydrogen (secondary N) is 2. The van der Waals surface area contributed by atoms with Gasteiger partial charge >= 0.3 is 0 Å². The van der Waals surface area contributed by atoms with E-state index in [1.807, 2.05) is 25.1 Å². The number of likely N-dealkylation sites (tertiary alicyclic amines) is 1. The van der Waals surface area contributed by atoms with Gasteiger partial charge in [-0.25, -0.2) is 13.8 Å². The molecule has 2 amide bonds. The third kappa shape index (κ3) is 6.72. The molecule has 45 heavy (non-hydrogen) atoms. The molecule has 0 unspecified atom stereocenters. The van der Waals surface area contributed by atoms with Crippen molar-refractivity contribution in [3.63, 3.8) is 0 Å². The van der Waals surface area contributed by atoms with E-state index in [1.54, 1.807) is 31.2 Å². The van der Waals surface area contributed by atoms with Crippen molar-refractivity contribution in [1.29, 1.82) is 0 Å². The number of ether oxygens (including phenoxy) is 2. The maximum Gasteiger partial charge on any atom is 0.251 e. The largest absolute Gasteiger partial charge is 0.495 e. The van der Waals surface area contributed by atoms with E-state index in [0.717, 1.165) is 50.0 Å². The molecule has 1 atom stereocenters. The molecular formula is C33H44F2N6O4. The van der Waals surface area contributed by atoms with Gasteiger partial charge in [0, 0.05) is 69.9 Å². The fourth-order valence-electron chi connectivity index (χ4n) is 7.26. The number of piperidine rings is 1. The highest BCUT2D eigenvalue weighted by molar-refractivity contribution is 6.04. The molecule has 2 saturated heterocycles. The summed E-state index contributed by atoms with van der Waals surface area (Å²) in [7, 11) is 3.35. The molecule has 0 radical (unpaired) electrons. The van der Waals surface area contributed by atoms with E-state index < -0.39 is 5.92 Å². The van der Waals surface area contributed by atoms with Gasteiger partial charge in [0.2, 0.25) is 5.91 Å². The first-order valence-corrected chi connectivity index (χ1v) is 16.2. The lowest BCUT2D eigenvalue weighted by molar-refractivity contribution is -0.119. The minimum Gasteiger partial charge on any atom is -0.495 e. The first kappa shape index (κ1) is 31.5. The van der Waals surface area contributed by atoms with Gasteiger partial charge in [-0.1, -0.05) is 0 Å². The Labute approximate surface area is 263 Å². The second kappa shape index (κ2) is 13.1. The average molecular weight is 627 g/mol. The fourth-order valence-corrected chi connectivity index (χ4v) is 7.26. The molecule has 1 saturated carbocycles. The highest BCUT2D eigenvalue weighted by atomic mass is 19.3. The number of amides is 2. The van der Waals surface area contributed by atoms with E-state index in [4.69, 9.17) is 14.5 Å². The third-order valence-electron chi connectivity index (χ3n) is 9.95. The fraction of sp³-hybridized carbons (Fsp3) is 0.606. The van der Waals surface area contributed by atoms with Crippen LogP contribution in [0.25, 0.3) is 0 Å². The summed E-state index contributed by atoms with van der Waals surface area (Å²) >= 11 is 0. The molecule has 12 heteroatoms. The number of aromatic nitrogens is 1. The van der Waals surface area contributed by atoms with Crippen LogP contribution in [-0.2, 0) is 9.53 Å². The molecule has 2 aromatic rings. The number of fused-ring (bicyclic) bond motifs is 1. The van der Waals surface area contributed by atoms with E-state index in [9.17, 15) is 18.4 Å². The Balaban J connectivity index is 1.11. The second-order valence-electron chi connectivity index (χ2n) is 12.8. The van der Waals surface area contributed by atoms with Gasteiger partial charge in [-0.2, -0.15) is 0 Å². The number of carbonyl (C=O) groups is 2.